The third-order valence-corrected chi connectivity index (χ3v) is 13.9. The van der Waals surface area contributed by atoms with Gasteiger partial charge in [0.25, 0.3) is 5.91 Å². The van der Waals surface area contributed by atoms with Gasteiger partial charge in [-0.1, -0.05) is 111 Å². The third kappa shape index (κ3) is 25.2. The zero-order chi connectivity index (χ0) is 58.2. The minimum absolute atomic E-state index is 0.00348. The molecule has 1 heterocycles. The Bertz CT molecular complexity index is 1970. The molecule has 1 aromatic rings. The van der Waals surface area contributed by atoms with Crippen LogP contribution in [0.5, 0.6) is 5.75 Å². The summed E-state index contributed by atoms with van der Waals surface area (Å²) < 4.78 is 17.9. The van der Waals surface area contributed by atoms with Crippen LogP contribution in [0.15, 0.2) is 24.3 Å². The van der Waals surface area contributed by atoms with Crippen molar-refractivity contribution in [3.8, 4) is 5.75 Å². The highest BCUT2D eigenvalue weighted by atomic mass is 16.5. The maximum atomic E-state index is 14.8. The molecule has 1 saturated heterocycles. The molecule has 78 heavy (non-hydrogen) atoms. The van der Waals surface area contributed by atoms with E-state index in [2.05, 4.69) is 51.1 Å². The fourth-order valence-electron chi connectivity index (χ4n) is 8.94. The van der Waals surface area contributed by atoms with Crippen LogP contribution < -0.4 is 42.0 Å². The number of hydrogen-bond donors (Lipinski definition) is 8. The summed E-state index contributed by atoms with van der Waals surface area (Å²) in [5.74, 6) is -4.20. The summed E-state index contributed by atoms with van der Waals surface area (Å²) in [6.07, 6.45) is 10.2. The summed E-state index contributed by atoms with van der Waals surface area (Å²) in [6.45, 7) is 19.6. The number of rotatable bonds is 40. The van der Waals surface area contributed by atoms with Gasteiger partial charge in [0.2, 0.25) is 41.4 Å². The molecule has 1 aliphatic heterocycles. The second-order valence-corrected chi connectivity index (χ2v) is 21.3. The Morgan fingerprint density at radius 2 is 1.17 bits per heavy atom. The number of amides is 8. The molecule has 1 fully saturated rings. The normalized spacial score (nSPS) is 16.8. The van der Waals surface area contributed by atoms with Crippen LogP contribution in [0.4, 0.5) is 0 Å². The average Bonchev–Trinajstić information content (AvgIpc) is 3.91. The predicted molar refractivity (Wildman–Crippen MR) is 301 cm³/mol. The highest BCUT2D eigenvalue weighted by Crippen LogP contribution is 2.22. The quantitative estimate of drug-likeness (QED) is 0.0401. The first-order chi connectivity index (χ1) is 37.2. The first-order valence-corrected chi connectivity index (χ1v) is 29.2. The molecule has 0 saturated carbocycles. The molecule has 0 radical (unpaired) electrons. The minimum Gasteiger partial charge on any atom is -0.494 e. The number of aliphatic hydroxyl groups is 1. The minimum atomic E-state index is -1.58. The highest BCUT2D eigenvalue weighted by Gasteiger charge is 2.42. The number of likely N-dealkylation sites (N-methyl/N-ethyl adjacent to an activating group) is 1. The molecule has 0 aliphatic carbocycles. The number of carbonyl (C=O) groups is 8. The van der Waals surface area contributed by atoms with Crippen LogP contribution in [0, 0.1) is 5.92 Å². The maximum Gasteiger partial charge on any atom is 0.250 e. The number of unbranched alkanes of at least 4 members (excludes halogenated alkanes) is 9. The van der Waals surface area contributed by atoms with Crippen LogP contribution in [-0.2, 0) is 54.3 Å². The zero-order valence-electron chi connectivity index (χ0n) is 49.1. The van der Waals surface area contributed by atoms with Crippen molar-refractivity contribution in [2.75, 3.05) is 33.4 Å². The molecule has 20 nitrogen and oxygen atoms in total. The van der Waals surface area contributed by atoms with Crippen LogP contribution in [0.25, 0.3) is 0 Å². The number of benzene rings is 1. The molecule has 4 unspecified atom stereocenters. The van der Waals surface area contributed by atoms with Gasteiger partial charge < -0.3 is 61.4 Å². The van der Waals surface area contributed by atoms with Gasteiger partial charge in [-0.05, 0) is 96.3 Å². The smallest absolute Gasteiger partial charge is 0.250 e. The Morgan fingerprint density at radius 3 is 1.76 bits per heavy atom. The Labute approximate surface area is 465 Å². The highest BCUT2D eigenvalue weighted by molar-refractivity contribution is 5.97. The van der Waals surface area contributed by atoms with Gasteiger partial charge in [-0.3, -0.25) is 38.4 Å². The molecule has 0 spiro atoms. The molecule has 0 aromatic heterocycles. The molecular weight excluding hydrogens is 1000 g/mol. The number of nitrogens with zero attached hydrogens (tertiary/aromatic N) is 1. The van der Waals surface area contributed by atoms with Gasteiger partial charge in [0.05, 0.1) is 24.9 Å². The maximum absolute atomic E-state index is 14.8. The lowest BCUT2D eigenvalue weighted by Gasteiger charge is -2.33. The summed E-state index contributed by atoms with van der Waals surface area (Å²) in [5.41, 5.74) is 0.662. The Hall–Kier alpha value is -5.34. The lowest BCUT2D eigenvalue weighted by molar-refractivity contribution is -0.146. The van der Waals surface area contributed by atoms with Crippen molar-refractivity contribution in [2.24, 2.45) is 5.92 Å². The van der Waals surface area contributed by atoms with Crippen LogP contribution in [0.2, 0.25) is 0 Å². The van der Waals surface area contributed by atoms with Gasteiger partial charge in [0.15, 0.2) is 6.10 Å². The lowest BCUT2D eigenvalue weighted by Crippen LogP contribution is -2.62. The fraction of sp³-hybridized carbons (Fsp3) is 0.759. The van der Waals surface area contributed by atoms with E-state index in [0.717, 1.165) is 51.4 Å². The number of nitrogens with one attached hydrogen (secondary N) is 7. The average molecular weight is 1100 g/mol. The third-order valence-electron chi connectivity index (χ3n) is 13.9. The Morgan fingerprint density at radius 1 is 0.603 bits per heavy atom. The van der Waals surface area contributed by atoms with Gasteiger partial charge >= 0.3 is 0 Å². The standard InChI is InChI=1S/C58H100N8O12/c1-12-16-20-21-22-23-24-27-48(67)62-45(36-38(5)6)54(71)65-50(42(10)77-34-18-14-3)58(75)66-32-25-26-47(66)55(72)64-49(41(9)76-33-17-13-2)56(73)61-40(8)52(69)63-46(53(70)60-39(7)51(68)57(74)59-11)37-43-28-30-44(31-29-43)78-35-19-15-4/h28-31,38-42,45-47,49-51,68H,12-27,32-37H2,1-11H3,(H,59,74)(H,60,70)(H,61,73)(H,62,67)(H,63,69)(H,64,72)(H,65,71)/t39?,40-,41?,42?,45-,46-,47+,49-,50-,51?/m0/s1. The monoisotopic (exact) mass is 1100 g/mol. The van der Waals surface area contributed by atoms with Gasteiger partial charge in [-0.2, -0.15) is 0 Å². The van der Waals surface area contributed by atoms with E-state index in [-0.39, 0.29) is 44.2 Å². The summed E-state index contributed by atoms with van der Waals surface area (Å²) in [4.78, 5) is 112. The molecule has 2 rings (SSSR count). The van der Waals surface area contributed by atoms with Crippen molar-refractivity contribution in [3.05, 3.63) is 29.8 Å². The van der Waals surface area contributed by atoms with Gasteiger partial charge in [-0.25, -0.2) is 0 Å². The van der Waals surface area contributed by atoms with Crippen molar-refractivity contribution in [2.45, 2.75) is 245 Å². The lowest BCUT2D eigenvalue weighted by atomic mass is 10.0. The van der Waals surface area contributed by atoms with Crippen molar-refractivity contribution >= 4 is 47.3 Å². The zero-order valence-corrected chi connectivity index (χ0v) is 49.1. The van der Waals surface area contributed by atoms with Crippen molar-refractivity contribution in [1.82, 2.24) is 42.1 Å². The first-order valence-electron chi connectivity index (χ1n) is 29.2. The first kappa shape index (κ1) is 68.8. The van der Waals surface area contributed by atoms with Crippen molar-refractivity contribution < 1.29 is 57.7 Å². The molecule has 8 amide bonds. The van der Waals surface area contributed by atoms with E-state index in [1.807, 2.05) is 27.7 Å². The van der Waals surface area contributed by atoms with Crippen LogP contribution in [0.1, 0.15) is 184 Å². The molecule has 444 valence electrons. The van der Waals surface area contributed by atoms with Crippen molar-refractivity contribution in [3.63, 3.8) is 0 Å². The molecular formula is C58H100N8O12. The number of carbonyl (C=O) groups excluding carboxylic acids is 8. The second kappa shape index (κ2) is 38.3. The Kier molecular flexibility index (Phi) is 33.8. The number of ether oxygens (including phenoxy) is 3. The molecule has 8 N–H and O–H groups in total. The van der Waals surface area contributed by atoms with Gasteiger partial charge in [0.1, 0.15) is 42.0 Å². The van der Waals surface area contributed by atoms with E-state index < -0.39 is 102 Å². The second-order valence-electron chi connectivity index (χ2n) is 21.3. The van der Waals surface area contributed by atoms with Gasteiger partial charge in [-0.15, -0.1) is 0 Å². The van der Waals surface area contributed by atoms with Gasteiger partial charge in [0, 0.05) is 39.6 Å². The number of hydrogen-bond acceptors (Lipinski definition) is 12. The van der Waals surface area contributed by atoms with E-state index in [1.54, 1.807) is 38.1 Å². The number of likely N-dealkylation sites (tertiary alicyclic amines) is 1. The topological polar surface area (TPSA) is 272 Å². The molecule has 1 aromatic carbocycles. The van der Waals surface area contributed by atoms with E-state index in [4.69, 9.17) is 14.2 Å². The molecule has 10 atom stereocenters. The SMILES string of the molecule is CCCCCCCCCC(=O)N[C@@H](CC(C)C)C(=O)N[C@H](C(=O)N1CCC[C@@H]1C(=O)N[C@H](C(=O)N[C@@H](C)C(=O)N[C@@H](Cc1ccc(OCCCC)cc1)C(=O)NC(C)C(O)C(=O)NC)C(C)OCCCC)C(C)OCCCC. The van der Waals surface area contributed by atoms with Crippen LogP contribution in [0.3, 0.4) is 0 Å². The van der Waals surface area contributed by atoms with E-state index in [9.17, 15) is 43.5 Å². The number of aliphatic hydroxyl groups excluding tert-OH is 1. The van der Waals surface area contributed by atoms with Crippen molar-refractivity contribution in [1.29, 1.82) is 0 Å². The van der Waals surface area contributed by atoms with E-state index in [1.165, 1.54) is 38.6 Å². The largest absolute Gasteiger partial charge is 0.494 e. The molecule has 0 bridgehead atoms. The van der Waals surface area contributed by atoms with E-state index in [0.29, 0.717) is 56.6 Å². The summed E-state index contributed by atoms with van der Waals surface area (Å²) in [7, 11) is 1.35. The molecule has 20 heteroatoms. The summed E-state index contributed by atoms with van der Waals surface area (Å²) in [6, 6.07) is -1.02. The molecule has 1 aliphatic rings. The van der Waals surface area contributed by atoms with E-state index >= 15 is 0 Å². The van der Waals surface area contributed by atoms with Crippen LogP contribution >= 0.6 is 0 Å². The summed E-state index contributed by atoms with van der Waals surface area (Å²) >= 11 is 0. The predicted octanol–water partition coefficient (Wildman–Crippen LogP) is 5.05. The van der Waals surface area contributed by atoms with Crippen LogP contribution in [-0.4, -0.2) is 151 Å². The summed E-state index contributed by atoms with van der Waals surface area (Å²) in [5, 5.41) is 29.5. The Balaban J connectivity index is 2.37. The fourth-order valence-corrected chi connectivity index (χ4v) is 8.94.